The van der Waals surface area contributed by atoms with E-state index in [0.29, 0.717) is 12.5 Å². The van der Waals surface area contributed by atoms with Crippen molar-refractivity contribution in [2.45, 2.75) is 40.8 Å². The summed E-state index contributed by atoms with van der Waals surface area (Å²) in [4.78, 5) is 4.26. The van der Waals surface area contributed by atoms with E-state index in [1.54, 1.807) is 0 Å². The Labute approximate surface area is 113 Å². The first-order valence-corrected chi connectivity index (χ1v) is 6.58. The highest BCUT2D eigenvalue weighted by atomic mass is 16.5. The molecule has 0 atom stereocenters. The van der Waals surface area contributed by atoms with Gasteiger partial charge in [0.2, 0.25) is 0 Å². The lowest BCUT2D eigenvalue weighted by Gasteiger charge is -2.04. The average Bonchev–Trinajstić information content (AvgIpc) is 2.87. The van der Waals surface area contributed by atoms with E-state index in [1.165, 1.54) is 0 Å². The molecule has 19 heavy (non-hydrogen) atoms. The zero-order chi connectivity index (χ0) is 13.8. The van der Waals surface area contributed by atoms with E-state index in [1.807, 2.05) is 24.6 Å². The van der Waals surface area contributed by atoms with E-state index in [4.69, 9.17) is 4.52 Å². The Kier molecular flexibility index (Phi) is 4.31. The highest BCUT2D eigenvalue weighted by Gasteiger charge is 2.08. The molecule has 0 saturated heterocycles. The second kappa shape index (κ2) is 5.97. The fraction of sp³-hybridized carbons (Fsp3) is 0.615. The van der Waals surface area contributed by atoms with Crippen molar-refractivity contribution in [3.8, 4) is 0 Å². The topological polar surface area (TPSA) is 68.8 Å². The van der Waals surface area contributed by atoms with Gasteiger partial charge in [-0.05, 0) is 26.3 Å². The van der Waals surface area contributed by atoms with Crippen LogP contribution in [0.4, 0.5) is 0 Å². The van der Waals surface area contributed by atoms with Crippen LogP contribution in [0.15, 0.2) is 10.6 Å². The molecule has 2 rings (SSSR count). The molecular weight excluding hydrogens is 242 g/mol. The Bertz CT molecular complexity index is 529. The summed E-state index contributed by atoms with van der Waals surface area (Å²) in [7, 11) is 0. The second-order valence-corrected chi connectivity index (χ2v) is 5.17. The fourth-order valence-corrected chi connectivity index (χ4v) is 1.86. The maximum atomic E-state index is 5.31. The van der Waals surface area contributed by atoms with Crippen LogP contribution in [0.5, 0.6) is 0 Å². The summed E-state index contributed by atoms with van der Waals surface area (Å²) in [6, 6.07) is 1.96. The van der Waals surface area contributed by atoms with E-state index in [0.717, 1.165) is 36.2 Å². The third-order valence-corrected chi connectivity index (χ3v) is 2.73. The van der Waals surface area contributed by atoms with Gasteiger partial charge in [0.15, 0.2) is 5.76 Å². The highest BCUT2D eigenvalue weighted by molar-refractivity contribution is 5.06. The number of hydrogen-bond acceptors (Lipinski definition) is 5. The first-order valence-electron chi connectivity index (χ1n) is 6.58. The number of hydrogen-bond donors (Lipinski definition) is 1. The first kappa shape index (κ1) is 13.7. The Hall–Kier alpha value is -1.69. The summed E-state index contributed by atoms with van der Waals surface area (Å²) in [6.45, 7) is 10.4. The second-order valence-electron chi connectivity index (χ2n) is 5.17. The van der Waals surface area contributed by atoms with Crippen LogP contribution in [0.3, 0.4) is 0 Å². The van der Waals surface area contributed by atoms with Crippen molar-refractivity contribution < 1.29 is 4.52 Å². The van der Waals surface area contributed by atoms with Crippen LogP contribution in [0.25, 0.3) is 0 Å². The molecular formula is C13H21N5O. The lowest BCUT2D eigenvalue weighted by atomic mass is 10.2. The molecule has 6 heteroatoms. The summed E-state index contributed by atoms with van der Waals surface area (Å²) >= 11 is 0. The van der Waals surface area contributed by atoms with Gasteiger partial charge in [-0.3, -0.25) is 0 Å². The molecule has 2 heterocycles. The van der Waals surface area contributed by atoms with Gasteiger partial charge in [-0.2, -0.15) is 5.10 Å². The maximum absolute atomic E-state index is 5.31. The van der Waals surface area contributed by atoms with Gasteiger partial charge in [-0.15, -0.1) is 0 Å². The molecule has 1 N–H and O–H groups in total. The molecule has 0 amide bonds. The van der Waals surface area contributed by atoms with E-state index < -0.39 is 0 Å². The van der Waals surface area contributed by atoms with Gasteiger partial charge in [-0.1, -0.05) is 19.0 Å². The summed E-state index contributed by atoms with van der Waals surface area (Å²) in [6.07, 6.45) is 0. The third kappa shape index (κ3) is 3.89. The van der Waals surface area contributed by atoms with E-state index in [-0.39, 0.29) is 0 Å². The maximum Gasteiger partial charge on any atom is 0.158 e. The van der Waals surface area contributed by atoms with Crippen molar-refractivity contribution in [1.82, 2.24) is 25.2 Å². The van der Waals surface area contributed by atoms with Gasteiger partial charge in [0.25, 0.3) is 0 Å². The van der Waals surface area contributed by atoms with Crippen LogP contribution >= 0.6 is 0 Å². The molecule has 0 aliphatic heterocycles. The van der Waals surface area contributed by atoms with Gasteiger partial charge in [0, 0.05) is 12.6 Å². The Morgan fingerprint density at radius 2 is 2.16 bits per heavy atom. The van der Waals surface area contributed by atoms with Crippen molar-refractivity contribution in [1.29, 1.82) is 0 Å². The zero-order valence-electron chi connectivity index (χ0n) is 12.0. The molecule has 0 bridgehead atoms. The first-order chi connectivity index (χ1) is 9.04. The standard InChI is InChI=1S/C13H21N5O/c1-9(2)6-14-7-12-5-13(19-17-12)8-18-11(4)15-10(3)16-18/h5,9,14H,6-8H2,1-4H3. The largest absolute Gasteiger partial charge is 0.359 e. The number of nitrogens with one attached hydrogen (secondary N) is 1. The summed E-state index contributed by atoms with van der Waals surface area (Å²) < 4.78 is 7.13. The van der Waals surface area contributed by atoms with E-state index in [9.17, 15) is 0 Å². The van der Waals surface area contributed by atoms with E-state index in [2.05, 4.69) is 34.4 Å². The van der Waals surface area contributed by atoms with Gasteiger partial charge in [0.05, 0.1) is 5.69 Å². The minimum Gasteiger partial charge on any atom is -0.359 e. The van der Waals surface area contributed by atoms with Crippen LogP contribution < -0.4 is 5.32 Å². The van der Waals surface area contributed by atoms with Gasteiger partial charge >= 0.3 is 0 Å². The Morgan fingerprint density at radius 3 is 2.79 bits per heavy atom. The lowest BCUT2D eigenvalue weighted by molar-refractivity contribution is 0.362. The van der Waals surface area contributed by atoms with Gasteiger partial charge < -0.3 is 9.84 Å². The molecule has 0 aromatic carbocycles. The summed E-state index contributed by atoms with van der Waals surface area (Å²) in [5.41, 5.74) is 0.921. The van der Waals surface area contributed by atoms with Crippen molar-refractivity contribution >= 4 is 0 Å². The average molecular weight is 263 g/mol. The molecule has 6 nitrogen and oxygen atoms in total. The molecule has 0 spiro atoms. The van der Waals surface area contributed by atoms with Crippen LogP contribution in [-0.4, -0.2) is 26.5 Å². The van der Waals surface area contributed by atoms with Gasteiger partial charge in [0.1, 0.15) is 18.2 Å². The van der Waals surface area contributed by atoms with Crippen LogP contribution in [0.2, 0.25) is 0 Å². The van der Waals surface area contributed by atoms with Crippen molar-refractivity contribution in [3.63, 3.8) is 0 Å². The minimum atomic E-state index is 0.573. The summed E-state index contributed by atoms with van der Waals surface area (Å²) in [5, 5.41) is 11.7. The highest BCUT2D eigenvalue weighted by Crippen LogP contribution is 2.07. The molecule has 0 aliphatic rings. The molecule has 0 fully saturated rings. The van der Waals surface area contributed by atoms with E-state index >= 15 is 0 Å². The van der Waals surface area contributed by atoms with Crippen molar-refractivity contribution in [2.24, 2.45) is 5.92 Å². The zero-order valence-corrected chi connectivity index (χ0v) is 12.0. The molecule has 0 radical (unpaired) electrons. The summed E-state index contributed by atoms with van der Waals surface area (Å²) in [5.74, 6) is 3.09. The molecule has 0 unspecified atom stereocenters. The smallest absolute Gasteiger partial charge is 0.158 e. The lowest BCUT2D eigenvalue weighted by Crippen LogP contribution is -2.19. The van der Waals surface area contributed by atoms with Crippen molar-refractivity contribution in [2.75, 3.05) is 6.54 Å². The predicted molar refractivity (Wildman–Crippen MR) is 71.6 cm³/mol. The number of rotatable bonds is 6. The molecule has 2 aromatic rings. The number of aryl methyl sites for hydroxylation is 2. The third-order valence-electron chi connectivity index (χ3n) is 2.73. The minimum absolute atomic E-state index is 0.573. The predicted octanol–water partition coefficient (Wildman–Crippen LogP) is 1.68. The van der Waals surface area contributed by atoms with Crippen LogP contribution in [0.1, 0.15) is 37.0 Å². The molecule has 2 aromatic heterocycles. The van der Waals surface area contributed by atoms with Crippen LogP contribution in [0, 0.1) is 19.8 Å². The van der Waals surface area contributed by atoms with Crippen molar-refractivity contribution in [3.05, 3.63) is 29.2 Å². The molecule has 0 saturated carbocycles. The fourth-order valence-electron chi connectivity index (χ4n) is 1.86. The van der Waals surface area contributed by atoms with Gasteiger partial charge in [-0.25, -0.2) is 9.67 Å². The number of nitrogens with zero attached hydrogens (tertiary/aromatic N) is 4. The quantitative estimate of drug-likeness (QED) is 0.858. The van der Waals surface area contributed by atoms with Crippen LogP contribution in [-0.2, 0) is 13.1 Å². The normalized spacial score (nSPS) is 11.4. The molecule has 0 aliphatic carbocycles. The Balaban J connectivity index is 1.92. The number of aromatic nitrogens is 4. The SMILES string of the molecule is Cc1nc(C)n(Cc2cc(CNCC(C)C)no2)n1. The molecule has 104 valence electrons. The Morgan fingerprint density at radius 1 is 1.37 bits per heavy atom. The monoisotopic (exact) mass is 263 g/mol.